The maximum atomic E-state index is 8.69. The lowest BCUT2D eigenvalue weighted by Crippen LogP contribution is -1.83. The molecule has 1 aliphatic carbocycles. The van der Waals surface area contributed by atoms with Crippen molar-refractivity contribution in [2.75, 3.05) is 0 Å². The van der Waals surface area contributed by atoms with E-state index in [1.54, 1.807) is 0 Å². The Balaban J connectivity index is 2.48. The Morgan fingerprint density at radius 2 is 2.25 bits per heavy atom. The van der Waals surface area contributed by atoms with Crippen molar-refractivity contribution in [3.63, 3.8) is 0 Å². The van der Waals surface area contributed by atoms with Gasteiger partial charge in [0.1, 0.15) is 0 Å². The summed E-state index contributed by atoms with van der Waals surface area (Å²) < 4.78 is 0. The van der Waals surface area contributed by atoms with Crippen molar-refractivity contribution in [1.82, 2.24) is 0 Å². The molecule has 0 N–H and O–H groups in total. The van der Waals surface area contributed by atoms with Crippen LogP contribution in [-0.4, -0.2) is 0 Å². The van der Waals surface area contributed by atoms with Crippen molar-refractivity contribution in [2.24, 2.45) is 0 Å². The average Bonchev–Trinajstić information content (AvgIpc) is 2.46. The van der Waals surface area contributed by atoms with Crippen LogP contribution >= 0.6 is 0 Å². The molecule has 0 aromatic heterocycles. The number of nitriles is 1. The van der Waals surface area contributed by atoms with Gasteiger partial charge < -0.3 is 0 Å². The molecule has 0 bridgehead atoms. The van der Waals surface area contributed by atoms with Crippen LogP contribution in [0.5, 0.6) is 0 Å². The van der Waals surface area contributed by atoms with Crippen LogP contribution in [-0.2, 0) is 6.42 Å². The van der Waals surface area contributed by atoms with E-state index in [-0.39, 0.29) is 0 Å². The van der Waals surface area contributed by atoms with E-state index in [0.29, 0.717) is 0 Å². The van der Waals surface area contributed by atoms with Gasteiger partial charge in [-0.15, -0.1) is 0 Å². The van der Waals surface area contributed by atoms with Crippen LogP contribution in [0.2, 0.25) is 0 Å². The highest BCUT2D eigenvalue weighted by atomic mass is 14.3. The number of fused-ring (bicyclic) bond motifs is 1. The minimum Gasteiger partial charge on any atom is -0.193 e. The number of hydrogen-bond acceptors (Lipinski definition) is 1. The van der Waals surface area contributed by atoms with Gasteiger partial charge in [-0.1, -0.05) is 23.8 Å². The number of benzene rings is 1. The fraction of sp³-hybridized carbons (Fsp3) is 0.182. The largest absolute Gasteiger partial charge is 0.193 e. The van der Waals surface area contributed by atoms with E-state index in [9.17, 15) is 0 Å². The van der Waals surface area contributed by atoms with Crippen molar-refractivity contribution < 1.29 is 0 Å². The van der Waals surface area contributed by atoms with Crippen LogP contribution < -0.4 is 0 Å². The van der Waals surface area contributed by atoms with Crippen LogP contribution in [0.3, 0.4) is 0 Å². The predicted octanol–water partition coefficient (Wildman–Crippen LogP) is 2.46. The highest BCUT2D eigenvalue weighted by Gasteiger charge is 2.11. The van der Waals surface area contributed by atoms with E-state index < -0.39 is 0 Å². The molecule has 58 valence electrons. The Morgan fingerprint density at radius 3 is 3.00 bits per heavy atom. The summed E-state index contributed by atoms with van der Waals surface area (Å²) in [6.45, 7) is 2.07. The highest BCUT2D eigenvalue weighted by Crippen LogP contribution is 2.24. The quantitative estimate of drug-likeness (QED) is 0.564. The lowest BCUT2D eigenvalue weighted by molar-refractivity contribution is 1.23. The number of hydrogen-bond donors (Lipinski definition) is 0. The Bertz CT molecular complexity index is 394. The van der Waals surface area contributed by atoms with Crippen molar-refractivity contribution in [3.05, 3.63) is 40.5 Å². The SMILES string of the molecule is Cc1ccc2c(c1)CC(C#N)=C2. The molecule has 0 unspecified atom stereocenters. The lowest BCUT2D eigenvalue weighted by Gasteiger charge is -1.98. The molecule has 1 aliphatic rings. The summed E-state index contributed by atoms with van der Waals surface area (Å²) in [5.41, 5.74) is 4.63. The topological polar surface area (TPSA) is 23.8 Å². The van der Waals surface area contributed by atoms with Gasteiger partial charge in [0.05, 0.1) is 6.07 Å². The smallest absolute Gasteiger partial charge is 0.0950 e. The molecule has 1 aromatic carbocycles. The second kappa shape index (κ2) is 2.49. The minimum atomic E-state index is 0.813. The zero-order valence-electron chi connectivity index (χ0n) is 6.96. The normalized spacial score (nSPS) is 13.5. The second-order valence-corrected chi connectivity index (χ2v) is 3.16. The molecule has 0 saturated carbocycles. The van der Waals surface area contributed by atoms with Gasteiger partial charge in [-0.05, 0) is 24.1 Å². The molecule has 0 spiro atoms. The van der Waals surface area contributed by atoms with E-state index in [2.05, 4.69) is 31.2 Å². The van der Waals surface area contributed by atoms with Crippen LogP contribution in [0.1, 0.15) is 16.7 Å². The molecule has 0 fully saturated rings. The highest BCUT2D eigenvalue weighted by molar-refractivity contribution is 5.67. The van der Waals surface area contributed by atoms with Gasteiger partial charge in [-0.3, -0.25) is 0 Å². The van der Waals surface area contributed by atoms with Crippen LogP contribution in [0.4, 0.5) is 0 Å². The summed E-state index contributed by atoms with van der Waals surface area (Å²) in [6.07, 6.45) is 2.78. The van der Waals surface area contributed by atoms with Gasteiger partial charge in [0.25, 0.3) is 0 Å². The third kappa shape index (κ3) is 1.02. The first-order chi connectivity index (χ1) is 5.79. The first kappa shape index (κ1) is 7.12. The molecule has 0 amide bonds. The summed E-state index contributed by atoms with van der Waals surface area (Å²) in [7, 11) is 0. The van der Waals surface area contributed by atoms with E-state index in [0.717, 1.165) is 12.0 Å². The van der Waals surface area contributed by atoms with Gasteiger partial charge >= 0.3 is 0 Å². The maximum Gasteiger partial charge on any atom is 0.0950 e. The second-order valence-electron chi connectivity index (χ2n) is 3.16. The van der Waals surface area contributed by atoms with Crippen LogP contribution in [0.25, 0.3) is 6.08 Å². The molecular formula is C11H9N. The zero-order valence-corrected chi connectivity index (χ0v) is 6.96. The van der Waals surface area contributed by atoms with E-state index in [1.807, 2.05) is 6.08 Å². The fourth-order valence-corrected chi connectivity index (χ4v) is 1.54. The average molecular weight is 155 g/mol. The summed E-state index contributed by atoms with van der Waals surface area (Å²) in [6, 6.07) is 8.50. The van der Waals surface area contributed by atoms with Crippen molar-refractivity contribution in [3.8, 4) is 6.07 Å². The summed E-state index contributed by atoms with van der Waals surface area (Å²) in [5, 5.41) is 8.69. The van der Waals surface area contributed by atoms with Gasteiger partial charge in [0.15, 0.2) is 0 Å². The summed E-state index contributed by atoms with van der Waals surface area (Å²) >= 11 is 0. The molecule has 1 nitrogen and oxygen atoms in total. The fourth-order valence-electron chi connectivity index (χ4n) is 1.54. The van der Waals surface area contributed by atoms with Crippen molar-refractivity contribution in [2.45, 2.75) is 13.3 Å². The monoisotopic (exact) mass is 155 g/mol. The lowest BCUT2D eigenvalue weighted by atomic mass is 10.1. The van der Waals surface area contributed by atoms with Crippen molar-refractivity contribution >= 4 is 6.08 Å². The Morgan fingerprint density at radius 1 is 1.42 bits per heavy atom. The molecule has 0 radical (unpaired) electrons. The van der Waals surface area contributed by atoms with Gasteiger partial charge in [0.2, 0.25) is 0 Å². The maximum absolute atomic E-state index is 8.69. The van der Waals surface area contributed by atoms with E-state index >= 15 is 0 Å². The van der Waals surface area contributed by atoms with E-state index in [4.69, 9.17) is 5.26 Å². The van der Waals surface area contributed by atoms with E-state index in [1.165, 1.54) is 16.7 Å². The molecule has 2 rings (SSSR count). The number of aryl methyl sites for hydroxylation is 1. The van der Waals surface area contributed by atoms with Crippen LogP contribution in [0.15, 0.2) is 23.8 Å². The first-order valence-corrected chi connectivity index (χ1v) is 4.00. The Hall–Kier alpha value is -1.55. The number of allylic oxidation sites excluding steroid dienone is 1. The molecular weight excluding hydrogens is 146 g/mol. The van der Waals surface area contributed by atoms with Gasteiger partial charge in [-0.25, -0.2) is 0 Å². The van der Waals surface area contributed by atoms with Crippen LogP contribution in [0, 0.1) is 18.3 Å². The third-order valence-electron chi connectivity index (χ3n) is 2.15. The first-order valence-electron chi connectivity index (χ1n) is 4.00. The Kier molecular flexibility index (Phi) is 1.48. The molecule has 0 aliphatic heterocycles. The van der Waals surface area contributed by atoms with Gasteiger partial charge in [-0.2, -0.15) is 5.26 Å². The Labute approximate surface area is 72.0 Å². The standard InChI is InChI=1S/C11H9N/c1-8-2-3-10-5-9(7-12)6-11(10)4-8/h2-5H,6H2,1H3. The zero-order chi connectivity index (χ0) is 8.55. The molecule has 0 saturated heterocycles. The number of nitrogens with zero attached hydrogens (tertiary/aromatic N) is 1. The summed E-state index contributed by atoms with van der Waals surface area (Å²) in [4.78, 5) is 0. The minimum absolute atomic E-state index is 0.813. The predicted molar refractivity (Wildman–Crippen MR) is 48.5 cm³/mol. The molecule has 0 atom stereocenters. The van der Waals surface area contributed by atoms with Gasteiger partial charge in [0, 0.05) is 12.0 Å². The molecule has 1 heteroatoms. The third-order valence-corrected chi connectivity index (χ3v) is 2.15. The molecule has 0 heterocycles. The molecule has 12 heavy (non-hydrogen) atoms. The summed E-state index contributed by atoms with van der Waals surface area (Å²) in [5.74, 6) is 0. The van der Waals surface area contributed by atoms with Crippen molar-refractivity contribution in [1.29, 1.82) is 5.26 Å². The number of rotatable bonds is 0. The molecule has 1 aromatic rings.